The minimum Gasteiger partial charge on any atom is -0.449 e. The Hall–Kier alpha value is -3.68. The van der Waals surface area contributed by atoms with E-state index in [0.717, 1.165) is 22.3 Å². The first kappa shape index (κ1) is 17.4. The van der Waals surface area contributed by atoms with E-state index in [4.69, 9.17) is 4.42 Å². The molecule has 4 aromatic rings. The number of hydrogen-bond donors (Lipinski definition) is 0. The number of carbonyl (C=O) groups is 1. The van der Waals surface area contributed by atoms with E-state index in [9.17, 15) is 9.18 Å². The van der Waals surface area contributed by atoms with Gasteiger partial charge in [-0.2, -0.15) is 5.10 Å². The number of benzene rings is 2. The molecule has 0 N–H and O–H groups in total. The van der Waals surface area contributed by atoms with Crippen molar-refractivity contribution in [1.29, 1.82) is 0 Å². The molecular weight excluding hydrogens is 373 g/mol. The molecule has 1 fully saturated rings. The Kier molecular flexibility index (Phi) is 4.04. The number of halogens is 1. The maximum absolute atomic E-state index is 14.3. The molecule has 1 aliphatic rings. The third kappa shape index (κ3) is 2.93. The molecule has 0 aliphatic carbocycles. The van der Waals surface area contributed by atoms with E-state index in [1.807, 2.05) is 18.2 Å². The summed E-state index contributed by atoms with van der Waals surface area (Å²) < 4.78 is 21.0. The molecule has 2 amide bonds. The van der Waals surface area contributed by atoms with Crippen molar-refractivity contribution >= 4 is 22.6 Å². The second-order valence-electron chi connectivity index (χ2n) is 6.93. The number of amides is 2. The van der Waals surface area contributed by atoms with Crippen LogP contribution in [0.5, 0.6) is 0 Å². The number of fused-ring (bicyclic) bond motifs is 1. The molecule has 0 bridgehead atoms. The van der Waals surface area contributed by atoms with E-state index < -0.39 is 0 Å². The second-order valence-corrected chi connectivity index (χ2v) is 6.93. The molecule has 0 radical (unpaired) electrons. The van der Waals surface area contributed by atoms with Crippen LogP contribution in [-0.2, 0) is 6.54 Å². The number of urea groups is 1. The number of aryl methyl sites for hydroxylation is 1. The van der Waals surface area contributed by atoms with Gasteiger partial charge < -0.3 is 9.32 Å². The van der Waals surface area contributed by atoms with Crippen LogP contribution in [0.25, 0.3) is 16.6 Å². The van der Waals surface area contributed by atoms with E-state index in [0.29, 0.717) is 31.2 Å². The number of oxazole rings is 1. The lowest BCUT2D eigenvalue weighted by Crippen LogP contribution is -2.31. The molecule has 5 rings (SSSR count). The molecule has 3 heterocycles. The first-order valence-electron chi connectivity index (χ1n) is 9.31. The Morgan fingerprint density at radius 2 is 1.93 bits per heavy atom. The molecule has 0 atom stereocenters. The molecule has 0 spiro atoms. The van der Waals surface area contributed by atoms with Gasteiger partial charge in [-0.3, -0.25) is 4.90 Å². The maximum Gasteiger partial charge on any atom is 0.324 e. The van der Waals surface area contributed by atoms with Crippen LogP contribution in [0, 0.1) is 12.7 Å². The third-order valence-electron chi connectivity index (χ3n) is 5.08. The highest BCUT2D eigenvalue weighted by Crippen LogP contribution is 2.31. The van der Waals surface area contributed by atoms with E-state index in [1.165, 1.54) is 6.07 Å². The highest BCUT2D eigenvalue weighted by Gasteiger charge is 2.31. The largest absolute Gasteiger partial charge is 0.449 e. The van der Waals surface area contributed by atoms with Crippen molar-refractivity contribution in [2.45, 2.75) is 13.5 Å². The van der Waals surface area contributed by atoms with Crippen molar-refractivity contribution in [3.8, 4) is 5.69 Å². The number of anilines is 1. The molecule has 7 nitrogen and oxygen atoms in total. The van der Waals surface area contributed by atoms with Gasteiger partial charge in [0.2, 0.25) is 0 Å². The number of para-hydroxylation sites is 1. The lowest BCUT2D eigenvalue weighted by Gasteiger charge is -2.18. The van der Waals surface area contributed by atoms with Gasteiger partial charge in [0.25, 0.3) is 0 Å². The summed E-state index contributed by atoms with van der Waals surface area (Å²) in [5.41, 5.74) is 2.60. The number of carbonyl (C=O) groups excluding carboxylic acids is 1. The monoisotopic (exact) mass is 391 g/mol. The van der Waals surface area contributed by atoms with Gasteiger partial charge in [-0.05, 0) is 24.3 Å². The Balaban J connectivity index is 1.48. The summed E-state index contributed by atoms with van der Waals surface area (Å²) in [4.78, 5) is 20.7. The van der Waals surface area contributed by atoms with Gasteiger partial charge in [0.05, 0.1) is 29.6 Å². The molecule has 2 aromatic heterocycles. The molecule has 0 saturated carbocycles. The lowest BCUT2D eigenvalue weighted by atomic mass is 10.2. The standard InChI is InChI=1S/C21H18FN5O2/c1-14-24-15(13-29-14)12-25-9-10-26(21(25)28)18-7-4-8-19-16(18)11-23-27(19)20-6-3-2-5-17(20)22/h2-8,11,13H,9-10,12H2,1H3. The summed E-state index contributed by atoms with van der Waals surface area (Å²) in [7, 11) is 0. The van der Waals surface area contributed by atoms with Gasteiger partial charge >= 0.3 is 6.03 Å². The van der Waals surface area contributed by atoms with Crippen LogP contribution in [0.4, 0.5) is 14.9 Å². The van der Waals surface area contributed by atoms with Crippen LogP contribution in [0.2, 0.25) is 0 Å². The fourth-order valence-corrected chi connectivity index (χ4v) is 3.72. The molecular formula is C21H18FN5O2. The zero-order valence-electron chi connectivity index (χ0n) is 15.7. The highest BCUT2D eigenvalue weighted by molar-refractivity contribution is 6.03. The number of aromatic nitrogens is 3. The summed E-state index contributed by atoms with van der Waals surface area (Å²) in [5, 5.41) is 5.17. The van der Waals surface area contributed by atoms with Crippen LogP contribution in [-0.4, -0.2) is 38.8 Å². The lowest BCUT2D eigenvalue weighted by molar-refractivity contribution is 0.218. The Morgan fingerprint density at radius 1 is 1.10 bits per heavy atom. The molecule has 29 heavy (non-hydrogen) atoms. The Morgan fingerprint density at radius 3 is 2.72 bits per heavy atom. The second kappa shape index (κ2) is 6.73. The topological polar surface area (TPSA) is 67.4 Å². The van der Waals surface area contributed by atoms with Crippen molar-refractivity contribution < 1.29 is 13.6 Å². The zero-order chi connectivity index (χ0) is 20.0. The van der Waals surface area contributed by atoms with Gasteiger partial charge in [0, 0.05) is 25.4 Å². The van der Waals surface area contributed by atoms with Crippen LogP contribution in [0.1, 0.15) is 11.6 Å². The maximum atomic E-state index is 14.3. The number of rotatable bonds is 4. The molecule has 8 heteroatoms. The SMILES string of the molecule is Cc1nc(CN2CCN(c3cccc4c3cnn4-c3ccccc3F)C2=O)co1. The van der Waals surface area contributed by atoms with Crippen LogP contribution in [0.15, 0.2) is 59.3 Å². The van der Waals surface area contributed by atoms with Crippen LogP contribution in [0.3, 0.4) is 0 Å². The highest BCUT2D eigenvalue weighted by atomic mass is 19.1. The van der Waals surface area contributed by atoms with E-state index in [-0.39, 0.29) is 11.8 Å². The fourth-order valence-electron chi connectivity index (χ4n) is 3.72. The van der Waals surface area contributed by atoms with Gasteiger partial charge in [0.1, 0.15) is 17.8 Å². The summed E-state index contributed by atoms with van der Waals surface area (Å²) in [5.74, 6) is 0.225. The third-order valence-corrected chi connectivity index (χ3v) is 5.08. The van der Waals surface area contributed by atoms with Crippen molar-refractivity contribution in [3.63, 3.8) is 0 Å². The average molecular weight is 391 g/mol. The predicted octanol–water partition coefficient (Wildman–Crippen LogP) is 3.90. The van der Waals surface area contributed by atoms with E-state index in [2.05, 4.69) is 10.1 Å². The average Bonchev–Trinajstić information content (AvgIpc) is 3.42. The smallest absolute Gasteiger partial charge is 0.324 e. The quantitative estimate of drug-likeness (QED) is 0.529. The summed E-state index contributed by atoms with van der Waals surface area (Å²) >= 11 is 0. The van der Waals surface area contributed by atoms with Crippen LogP contribution < -0.4 is 4.90 Å². The Labute approximate surface area is 166 Å². The summed E-state index contributed by atoms with van der Waals surface area (Å²) in [6, 6.07) is 12.0. The molecule has 2 aromatic carbocycles. The zero-order valence-corrected chi connectivity index (χ0v) is 15.7. The molecule has 0 unspecified atom stereocenters. The number of hydrogen-bond acceptors (Lipinski definition) is 4. The van der Waals surface area contributed by atoms with Crippen molar-refractivity contribution in [1.82, 2.24) is 19.7 Å². The minimum absolute atomic E-state index is 0.100. The Bertz CT molecular complexity index is 1210. The fraction of sp³-hybridized carbons (Fsp3) is 0.190. The minimum atomic E-state index is -0.353. The normalized spacial score (nSPS) is 14.3. The summed E-state index contributed by atoms with van der Waals surface area (Å²) in [6.45, 7) is 3.31. The van der Waals surface area contributed by atoms with E-state index >= 15 is 0 Å². The van der Waals surface area contributed by atoms with Gasteiger partial charge in [-0.25, -0.2) is 18.9 Å². The number of nitrogens with zero attached hydrogens (tertiary/aromatic N) is 5. The van der Waals surface area contributed by atoms with Crippen molar-refractivity contribution in [3.05, 3.63) is 72.3 Å². The summed E-state index contributed by atoms with van der Waals surface area (Å²) in [6.07, 6.45) is 3.25. The van der Waals surface area contributed by atoms with Gasteiger partial charge in [0.15, 0.2) is 5.89 Å². The first-order valence-corrected chi connectivity index (χ1v) is 9.31. The van der Waals surface area contributed by atoms with Crippen molar-refractivity contribution in [2.24, 2.45) is 0 Å². The van der Waals surface area contributed by atoms with Gasteiger partial charge in [-0.1, -0.05) is 18.2 Å². The van der Waals surface area contributed by atoms with Crippen LogP contribution >= 0.6 is 0 Å². The molecule has 1 saturated heterocycles. The van der Waals surface area contributed by atoms with E-state index in [1.54, 1.807) is 52.1 Å². The molecule has 146 valence electrons. The van der Waals surface area contributed by atoms with Crippen molar-refractivity contribution in [2.75, 3.05) is 18.0 Å². The predicted molar refractivity (Wildman–Crippen MR) is 105 cm³/mol. The molecule has 1 aliphatic heterocycles. The van der Waals surface area contributed by atoms with Gasteiger partial charge in [-0.15, -0.1) is 0 Å². The first-order chi connectivity index (χ1) is 14.1.